The van der Waals surface area contributed by atoms with E-state index in [1.807, 2.05) is 0 Å². The summed E-state index contributed by atoms with van der Waals surface area (Å²) in [5.74, 6) is -3.06. The Kier molecular flexibility index (Phi) is 3.24. The number of amides is 1. The smallest absolute Gasteiger partial charge is 0.262 e. The van der Waals surface area contributed by atoms with Gasteiger partial charge in [0.05, 0.1) is 22.4 Å². The van der Waals surface area contributed by atoms with E-state index in [1.54, 1.807) is 62.4 Å². The topological polar surface area (TPSA) is 111 Å². The molecule has 2 aromatic carbocycles. The number of aliphatic hydroxyl groups is 1. The van der Waals surface area contributed by atoms with Gasteiger partial charge in [0.1, 0.15) is 0 Å². The molecule has 3 atom stereocenters. The number of nitrogens with zero attached hydrogens (tertiary/aromatic N) is 2. The second-order valence-corrected chi connectivity index (χ2v) is 8.93. The molecule has 8 nitrogen and oxygen atoms in total. The molecule has 0 aliphatic carbocycles. The van der Waals surface area contributed by atoms with Gasteiger partial charge in [0, 0.05) is 17.7 Å². The monoisotopic (exact) mass is 417 g/mol. The van der Waals surface area contributed by atoms with Gasteiger partial charge in [-0.25, -0.2) is 4.98 Å². The SMILES string of the molecule is CC1(C)C(=O)c2nc3ccccc3c(=O)n2[C@H]2CC3(O[C@]21O)C(=O)Nc1ccccc13. The molecule has 1 aromatic heterocycles. The molecule has 1 amide bonds. The van der Waals surface area contributed by atoms with Crippen LogP contribution in [0.25, 0.3) is 10.9 Å². The summed E-state index contributed by atoms with van der Waals surface area (Å²) in [7, 11) is 0. The van der Waals surface area contributed by atoms with Crippen LogP contribution in [0.5, 0.6) is 0 Å². The maximum absolute atomic E-state index is 13.4. The van der Waals surface area contributed by atoms with Crippen molar-refractivity contribution in [1.82, 2.24) is 9.55 Å². The Morgan fingerprint density at radius 3 is 2.61 bits per heavy atom. The van der Waals surface area contributed by atoms with E-state index in [1.165, 1.54) is 4.57 Å². The second kappa shape index (κ2) is 5.46. The summed E-state index contributed by atoms with van der Waals surface area (Å²) in [6.45, 7) is 3.12. The van der Waals surface area contributed by atoms with Crippen molar-refractivity contribution < 1.29 is 19.4 Å². The third kappa shape index (κ3) is 1.97. The van der Waals surface area contributed by atoms with Gasteiger partial charge in [-0.1, -0.05) is 30.3 Å². The number of ketones is 1. The highest BCUT2D eigenvalue weighted by molar-refractivity contribution is 6.06. The van der Waals surface area contributed by atoms with E-state index >= 15 is 0 Å². The highest BCUT2D eigenvalue weighted by Gasteiger charge is 2.71. The minimum absolute atomic E-state index is 0.00398. The number of carbonyl (C=O) groups is 2. The van der Waals surface area contributed by atoms with Gasteiger partial charge in [0.25, 0.3) is 11.5 Å². The van der Waals surface area contributed by atoms with Crippen LogP contribution in [0.3, 0.4) is 0 Å². The maximum Gasteiger partial charge on any atom is 0.262 e. The zero-order chi connectivity index (χ0) is 21.8. The first kappa shape index (κ1) is 18.4. The summed E-state index contributed by atoms with van der Waals surface area (Å²) in [6, 6.07) is 12.9. The minimum atomic E-state index is -2.08. The highest BCUT2D eigenvalue weighted by atomic mass is 16.7. The van der Waals surface area contributed by atoms with Gasteiger partial charge in [-0.3, -0.25) is 19.0 Å². The number of rotatable bonds is 0. The van der Waals surface area contributed by atoms with Crippen molar-refractivity contribution in [2.75, 3.05) is 5.32 Å². The number of aromatic nitrogens is 2. The number of anilines is 1. The molecule has 4 heterocycles. The van der Waals surface area contributed by atoms with E-state index in [4.69, 9.17) is 4.74 Å². The molecule has 6 rings (SSSR count). The zero-order valence-corrected chi connectivity index (χ0v) is 16.9. The number of fused-ring (bicyclic) bond motifs is 6. The van der Waals surface area contributed by atoms with Crippen molar-refractivity contribution in [3.8, 4) is 0 Å². The molecule has 2 N–H and O–H groups in total. The van der Waals surface area contributed by atoms with E-state index in [0.29, 0.717) is 22.2 Å². The maximum atomic E-state index is 13.4. The molecular formula is C23H19N3O5. The molecule has 8 heteroatoms. The van der Waals surface area contributed by atoms with Crippen LogP contribution >= 0.6 is 0 Å². The zero-order valence-electron chi connectivity index (χ0n) is 16.9. The quantitative estimate of drug-likeness (QED) is 0.580. The number of Topliss-reactive ketones (excluding diaryl/α,β-unsaturated/α-hetero) is 1. The first-order valence-electron chi connectivity index (χ1n) is 10.1. The molecule has 1 fully saturated rings. The molecule has 31 heavy (non-hydrogen) atoms. The standard InChI is InChI=1S/C23H19N3O5/c1-21(2)17(27)18-24-14-9-5-3-7-12(14)19(28)26(18)16-11-22(31-23(16,21)30)13-8-4-6-10-15(13)25-20(22)29/h3-10,16,30H,11H2,1-2H3,(H,25,29)/t16-,22?,23+/m0/s1. The Morgan fingerprint density at radius 2 is 1.81 bits per heavy atom. The molecule has 0 saturated carbocycles. The van der Waals surface area contributed by atoms with Crippen LogP contribution in [-0.2, 0) is 15.1 Å². The lowest BCUT2D eigenvalue weighted by Gasteiger charge is -2.46. The molecule has 1 spiro atoms. The van der Waals surface area contributed by atoms with Gasteiger partial charge in [0.15, 0.2) is 11.4 Å². The van der Waals surface area contributed by atoms with E-state index in [9.17, 15) is 19.5 Å². The third-order valence-corrected chi connectivity index (χ3v) is 7.03. The van der Waals surface area contributed by atoms with Crippen LogP contribution in [0.15, 0.2) is 53.3 Å². The molecule has 0 bridgehead atoms. The summed E-state index contributed by atoms with van der Waals surface area (Å²) in [6.07, 6.45) is -0.00398. The number of carbonyl (C=O) groups excluding carboxylic acids is 2. The molecule has 1 saturated heterocycles. The predicted molar refractivity (Wildman–Crippen MR) is 111 cm³/mol. The fraction of sp³-hybridized carbons (Fsp3) is 0.304. The van der Waals surface area contributed by atoms with E-state index < -0.39 is 40.1 Å². The Labute approximate surface area is 176 Å². The molecule has 0 radical (unpaired) electrons. The van der Waals surface area contributed by atoms with Gasteiger partial charge >= 0.3 is 0 Å². The average molecular weight is 417 g/mol. The Morgan fingerprint density at radius 1 is 1.10 bits per heavy atom. The molecule has 3 aliphatic heterocycles. The first-order chi connectivity index (χ1) is 14.7. The minimum Gasteiger partial charge on any atom is -0.363 e. The number of benzene rings is 2. The lowest BCUT2D eigenvalue weighted by Crippen LogP contribution is -2.60. The number of hydrogen-bond donors (Lipinski definition) is 2. The summed E-state index contributed by atoms with van der Waals surface area (Å²) in [5, 5.41) is 14.9. The summed E-state index contributed by atoms with van der Waals surface area (Å²) < 4.78 is 7.41. The predicted octanol–water partition coefficient (Wildman–Crippen LogP) is 2.12. The Balaban J connectivity index is 1.66. The normalized spacial score (nSPS) is 30.2. The average Bonchev–Trinajstić information content (AvgIpc) is 3.22. The van der Waals surface area contributed by atoms with Crippen LogP contribution in [0, 0.1) is 5.41 Å². The van der Waals surface area contributed by atoms with E-state index in [2.05, 4.69) is 10.3 Å². The van der Waals surface area contributed by atoms with Gasteiger partial charge in [-0.15, -0.1) is 0 Å². The van der Waals surface area contributed by atoms with Crippen molar-refractivity contribution in [1.29, 1.82) is 0 Å². The van der Waals surface area contributed by atoms with Crippen molar-refractivity contribution in [3.05, 3.63) is 70.3 Å². The van der Waals surface area contributed by atoms with Gasteiger partial charge < -0.3 is 15.2 Å². The highest BCUT2D eigenvalue weighted by Crippen LogP contribution is 2.61. The fourth-order valence-electron chi connectivity index (χ4n) is 5.23. The van der Waals surface area contributed by atoms with Gasteiger partial charge in [0.2, 0.25) is 11.6 Å². The Hall–Kier alpha value is -3.36. The lowest BCUT2D eigenvalue weighted by molar-refractivity contribution is -0.276. The van der Waals surface area contributed by atoms with Crippen LogP contribution in [0.4, 0.5) is 5.69 Å². The second-order valence-electron chi connectivity index (χ2n) is 8.93. The van der Waals surface area contributed by atoms with Crippen LogP contribution in [0.1, 0.15) is 42.5 Å². The van der Waals surface area contributed by atoms with Crippen molar-refractivity contribution in [3.63, 3.8) is 0 Å². The number of ether oxygens (including phenoxy) is 1. The summed E-state index contributed by atoms with van der Waals surface area (Å²) >= 11 is 0. The lowest BCUT2D eigenvalue weighted by atomic mass is 9.72. The summed E-state index contributed by atoms with van der Waals surface area (Å²) in [5.41, 5.74) is -1.83. The van der Waals surface area contributed by atoms with E-state index in [0.717, 1.165) is 0 Å². The van der Waals surface area contributed by atoms with Gasteiger partial charge in [-0.2, -0.15) is 0 Å². The van der Waals surface area contributed by atoms with Crippen molar-refractivity contribution in [2.24, 2.45) is 5.41 Å². The molecule has 156 valence electrons. The first-order valence-corrected chi connectivity index (χ1v) is 10.1. The molecule has 3 aliphatic rings. The number of hydrogen-bond acceptors (Lipinski definition) is 6. The van der Waals surface area contributed by atoms with Crippen molar-refractivity contribution in [2.45, 2.75) is 37.7 Å². The fourth-order valence-corrected chi connectivity index (χ4v) is 5.23. The third-order valence-electron chi connectivity index (χ3n) is 7.03. The van der Waals surface area contributed by atoms with Crippen LogP contribution < -0.4 is 10.9 Å². The number of nitrogens with one attached hydrogen (secondary N) is 1. The van der Waals surface area contributed by atoms with Crippen molar-refractivity contribution >= 4 is 28.3 Å². The molecule has 3 aromatic rings. The Bertz CT molecular complexity index is 1390. The van der Waals surface area contributed by atoms with Gasteiger partial charge in [-0.05, 0) is 32.0 Å². The molecule has 1 unspecified atom stereocenters. The molecular weight excluding hydrogens is 398 g/mol. The summed E-state index contributed by atoms with van der Waals surface area (Å²) in [4.78, 5) is 44.5. The number of para-hydroxylation sites is 2. The van der Waals surface area contributed by atoms with E-state index in [-0.39, 0.29) is 12.2 Å². The largest absolute Gasteiger partial charge is 0.363 e. The van der Waals surface area contributed by atoms with Crippen LogP contribution in [-0.4, -0.2) is 32.1 Å². The van der Waals surface area contributed by atoms with Crippen LogP contribution in [0.2, 0.25) is 0 Å².